The molecule has 0 aromatic heterocycles. The molecule has 0 rings (SSSR count). The van der Waals surface area contributed by atoms with Crippen LogP contribution in [0.4, 0.5) is 0 Å². The first-order chi connectivity index (χ1) is 16.2. The molecule has 202 valence electrons. The zero-order valence-electron chi connectivity index (χ0n) is 21.7. The Morgan fingerprint density at radius 1 is 0.706 bits per heavy atom. The van der Waals surface area contributed by atoms with Crippen LogP contribution in [0.25, 0.3) is 0 Å². The van der Waals surface area contributed by atoms with Crippen molar-refractivity contribution in [1.82, 2.24) is 10.6 Å². The number of aliphatic imine (C=N–C) groups is 2. The van der Waals surface area contributed by atoms with Crippen LogP contribution in [0.15, 0.2) is 9.98 Å². The van der Waals surface area contributed by atoms with E-state index in [1.807, 2.05) is 6.92 Å². The van der Waals surface area contributed by atoms with Gasteiger partial charge in [-0.2, -0.15) is 0 Å². The lowest BCUT2D eigenvalue weighted by atomic mass is 10.4. The van der Waals surface area contributed by atoms with Gasteiger partial charge in [-0.3, -0.25) is 9.98 Å². The molecule has 0 heterocycles. The number of guanidine groups is 2. The van der Waals surface area contributed by atoms with Crippen molar-refractivity contribution in [2.24, 2.45) is 32.9 Å². The second kappa shape index (κ2) is 20.0. The Kier molecular flexibility index (Phi) is 19.2. The Morgan fingerprint density at radius 2 is 1.18 bits per heavy atom. The Bertz CT molecular complexity index is 569. The van der Waals surface area contributed by atoms with Gasteiger partial charge in [-0.1, -0.05) is 0 Å². The molecule has 34 heavy (non-hydrogen) atoms. The van der Waals surface area contributed by atoms with Crippen molar-refractivity contribution in [2.45, 2.75) is 51.4 Å². The summed E-state index contributed by atoms with van der Waals surface area (Å²) in [4.78, 5) is 7.90. The van der Waals surface area contributed by atoms with Gasteiger partial charge in [0.25, 0.3) is 0 Å². The van der Waals surface area contributed by atoms with Crippen molar-refractivity contribution in [3.63, 3.8) is 0 Å². The maximum absolute atomic E-state index is 6.22. The molecule has 0 aromatic carbocycles. The van der Waals surface area contributed by atoms with E-state index in [-0.39, 0.29) is 11.9 Å². The summed E-state index contributed by atoms with van der Waals surface area (Å²) in [5.41, 5.74) is 21.3. The van der Waals surface area contributed by atoms with Gasteiger partial charge < -0.3 is 51.3 Å². The smallest absolute Gasteiger partial charge is 0.334 e. The van der Waals surface area contributed by atoms with Crippen LogP contribution in [0.1, 0.15) is 26.2 Å². The Hall–Kier alpha value is -1.27. The summed E-state index contributed by atoms with van der Waals surface area (Å²) in [5, 5.41) is 6.65. The number of nitrogens with zero attached hydrogens (tertiary/aromatic N) is 2. The summed E-state index contributed by atoms with van der Waals surface area (Å²) in [6, 6.07) is 1.85. The SMILES string of the molecule is CCO[Si](C)(CCCNCCN=C(N)N)OCCCO[Si](C)(CCCNCCN=C(N)N)OC. The molecule has 0 bridgehead atoms. The molecule has 10 N–H and O–H groups in total. The van der Waals surface area contributed by atoms with Gasteiger partial charge in [0.2, 0.25) is 0 Å². The van der Waals surface area contributed by atoms with Gasteiger partial charge >= 0.3 is 17.1 Å². The second-order valence-corrected chi connectivity index (χ2v) is 15.1. The van der Waals surface area contributed by atoms with Gasteiger partial charge in [-0.25, -0.2) is 0 Å². The quantitative estimate of drug-likeness (QED) is 0.0451. The van der Waals surface area contributed by atoms with Gasteiger partial charge in [-0.15, -0.1) is 0 Å². The highest BCUT2D eigenvalue weighted by Crippen LogP contribution is 2.17. The van der Waals surface area contributed by atoms with Gasteiger partial charge in [-0.05, 0) is 64.5 Å². The largest absolute Gasteiger partial charge is 0.398 e. The molecule has 0 aliphatic carbocycles. The highest BCUT2D eigenvalue weighted by molar-refractivity contribution is 6.66. The maximum Gasteiger partial charge on any atom is 0.334 e. The lowest BCUT2D eigenvalue weighted by Gasteiger charge is -2.28. The molecular weight excluding hydrogens is 472 g/mol. The third-order valence-corrected chi connectivity index (χ3v) is 11.0. The average molecular weight is 523 g/mol. The molecule has 0 aliphatic heterocycles. The van der Waals surface area contributed by atoms with E-state index in [9.17, 15) is 0 Å². The highest BCUT2D eigenvalue weighted by atomic mass is 28.4. The molecule has 0 radical (unpaired) electrons. The molecule has 2 atom stereocenters. The number of hydrogen-bond donors (Lipinski definition) is 6. The van der Waals surface area contributed by atoms with Crippen LogP contribution in [0, 0.1) is 0 Å². The minimum absolute atomic E-state index is 0.121. The minimum atomic E-state index is -2.20. The van der Waals surface area contributed by atoms with E-state index in [1.54, 1.807) is 7.11 Å². The number of nitrogens with one attached hydrogen (secondary N) is 2. The Morgan fingerprint density at radius 3 is 1.62 bits per heavy atom. The van der Waals surface area contributed by atoms with Crippen molar-refractivity contribution in [3.8, 4) is 0 Å². The summed E-state index contributed by atoms with van der Waals surface area (Å²) >= 11 is 0. The first-order valence-corrected chi connectivity index (χ1v) is 17.2. The third kappa shape index (κ3) is 19.1. The predicted molar refractivity (Wildman–Crippen MR) is 144 cm³/mol. The minimum Gasteiger partial charge on any atom is -0.398 e. The second-order valence-electron chi connectivity index (χ2n) is 8.28. The molecule has 0 spiro atoms. The molecule has 0 fully saturated rings. The van der Waals surface area contributed by atoms with E-state index in [2.05, 4.69) is 33.7 Å². The van der Waals surface area contributed by atoms with Crippen LogP contribution < -0.4 is 33.6 Å². The van der Waals surface area contributed by atoms with Crippen molar-refractivity contribution in [1.29, 1.82) is 0 Å². The fourth-order valence-electron chi connectivity index (χ4n) is 3.21. The normalized spacial score (nSPS) is 14.8. The molecule has 0 saturated carbocycles. The molecule has 0 amide bonds. The molecule has 0 aliphatic rings. The van der Waals surface area contributed by atoms with Crippen LogP contribution in [-0.4, -0.2) is 95.2 Å². The summed E-state index contributed by atoms with van der Waals surface area (Å²) in [5.74, 6) is 0.243. The van der Waals surface area contributed by atoms with Crippen molar-refractivity contribution < 1.29 is 17.7 Å². The lowest BCUT2D eigenvalue weighted by Crippen LogP contribution is -2.41. The topological polar surface area (TPSA) is 190 Å². The van der Waals surface area contributed by atoms with Gasteiger partial charge in [0.1, 0.15) is 0 Å². The van der Waals surface area contributed by atoms with E-state index in [0.29, 0.717) is 32.9 Å². The molecule has 0 saturated heterocycles. The van der Waals surface area contributed by atoms with E-state index >= 15 is 0 Å². The van der Waals surface area contributed by atoms with Gasteiger partial charge in [0.05, 0.1) is 13.1 Å². The van der Waals surface area contributed by atoms with E-state index in [4.69, 9.17) is 40.6 Å². The summed E-state index contributed by atoms with van der Waals surface area (Å²) < 4.78 is 24.1. The first-order valence-electron chi connectivity index (χ1n) is 12.2. The van der Waals surface area contributed by atoms with Crippen LogP contribution in [0.2, 0.25) is 25.2 Å². The van der Waals surface area contributed by atoms with E-state index < -0.39 is 17.1 Å². The lowest BCUT2D eigenvalue weighted by molar-refractivity contribution is 0.151. The Balaban J connectivity index is 4.07. The zero-order valence-corrected chi connectivity index (χ0v) is 23.7. The van der Waals surface area contributed by atoms with Crippen molar-refractivity contribution in [2.75, 3.05) is 66.2 Å². The maximum atomic E-state index is 6.22. The fourth-order valence-corrected chi connectivity index (χ4v) is 7.45. The standard InChI is InChI=1S/C20H50N8O4Si2/c1-5-30-34(4,18-7-10-26-12-14-28-20(23)24)32-16-8-15-31-33(3,29-2)17-6-9-25-11-13-27-19(21)22/h25-26H,5-18H2,1-4H3,(H4,21,22,27)(H4,23,24,28). The number of rotatable bonds is 23. The molecular formula is C20H50N8O4Si2. The van der Waals surface area contributed by atoms with Crippen LogP contribution in [0.5, 0.6) is 0 Å². The predicted octanol–water partition coefficient (Wildman–Crippen LogP) is -0.257. The summed E-state index contributed by atoms with van der Waals surface area (Å²) in [6.45, 7) is 12.6. The molecule has 12 nitrogen and oxygen atoms in total. The summed E-state index contributed by atoms with van der Waals surface area (Å²) in [6.07, 6.45) is 2.77. The molecule has 14 heteroatoms. The fraction of sp³-hybridized carbons (Fsp3) is 0.900. The Labute approximate surface area is 208 Å². The van der Waals surface area contributed by atoms with E-state index in [1.165, 1.54) is 0 Å². The summed E-state index contributed by atoms with van der Waals surface area (Å²) in [7, 11) is -2.65. The van der Waals surface area contributed by atoms with Crippen molar-refractivity contribution >= 4 is 29.0 Å². The average Bonchev–Trinajstić information content (AvgIpc) is 2.77. The van der Waals surface area contributed by atoms with E-state index in [0.717, 1.165) is 57.5 Å². The van der Waals surface area contributed by atoms with Gasteiger partial charge in [0.15, 0.2) is 11.9 Å². The number of nitrogens with two attached hydrogens (primary N) is 4. The van der Waals surface area contributed by atoms with Crippen LogP contribution in [0.3, 0.4) is 0 Å². The van der Waals surface area contributed by atoms with Crippen LogP contribution in [-0.2, 0) is 17.7 Å². The molecule has 2 unspecified atom stereocenters. The first kappa shape index (κ1) is 32.7. The monoisotopic (exact) mass is 522 g/mol. The zero-order chi connectivity index (χ0) is 25.7. The van der Waals surface area contributed by atoms with Crippen LogP contribution >= 0.6 is 0 Å². The van der Waals surface area contributed by atoms with Gasteiger partial charge in [0, 0.05) is 40.0 Å². The highest BCUT2D eigenvalue weighted by Gasteiger charge is 2.31. The number of hydrogen-bond acceptors (Lipinski definition) is 8. The third-order valence-electron chi connectivity index (χ3n) is 5.12. The van der Waals surface area contributed by atoms with Crippen molar-refractivity contribution in [3.05, 3.63) is 0 Å². The molecule has 0 aromatic rings.